The third-order valence-electron chi connectivity index (χ3n) is 3.51. The Balaban J connectivity index is 1.83. The first-order valence-electron chi connectivity index (χ1n) is 6.50. The summed E-state index contributed by atoms with van der Waals surface area (Å²) in [5.41, 5.74) is 6.60. The number of imidazole rings is 1. The zero-order chi connectivity index (χ0) is 13.2. The Bertz CT molecular complexity index is 601. The van der Waals surface area contributed by atoms with Gasteiger partial charge in [0, 0.05) is 6.04 Å². The molecule has 3 N–H and O–H groups in total. The van der Waals surface area contributed by atoms with Crippen LogP contribution in [0.5, 0.6) is 0 Å². The summed E-state index contributed by atoms with van der Waals surface area (Å²) in [6.07, 6.45) is 8.45. The lowest BCUT2D eigenvalue weighted by molar-refractivity contribution is 0.235. The first kappa shape index (κ1) is 11.9. The summed E-state index contributed by atoms with van der Waals surface area (Å²) in [6, 6.07) is 0.0467. The number of anilines is 1. The van der Waals surface area contributed by atoms with Gasteiger partial charge in [0.25, 0.3) is 0 Å². The monoisotopic (exact) mass is 260 g/mol. The Morgan fingerprint density at radius 1 is 1.26 bits per heavy atom. The van der Waals surface area contributed by atoms with Crippen LogP contribution in [-0.4, -0.2) is 31.6 Å². The molecule has 0 radical (unpaired) electrons. The topological polar surface area (TPSA) is 98.7 Å². The van der Waals surface area contributed by atoms with E-state index in [1.54, 1.807) is 0 Å². The number of hydrogen-bond acceptors (Lipinski definition) is 5. The summed E-state index contributed by atoms with van der Waals surface area (Å²) in [5, 5.41) is 3.02. The van der Waals surface area contributed by atoms with Gasteiger partial charge in [-0.15, -0.1) is 0 Å². The molecule has 1 saturated carbocycles. The van der Waals surface area contributed by atoms with Gasteiger partial charge in [-0.3, -0.25) is 0 Å². The summed E-state index contributed by atoms with van der Waals surface area (Å²) in [7, 11) is 0. The van der Waals surface area contributed by atoms with E-state index in [9.17, 15) is 4.79 Å². The third-order valence-corrected chi connectivity index (χ3v) is 3.51. The molecular formula is C12H16N6O. The molecule has 1 amide bonds. The first-order valence-corrected chi connectivity index (χ1v) is 6.50. The Kier molecular flexibility index (Phi) is 3.02. The number of rotatable bonds is 1. The maximum atomic E-state index is 12.2. The second-order valence-electron chi connectivity index (χ2n) is 4.83. The number of hydrogen-bond donors (Lipinski definition) is 2. The summed E-state index contributed by atoms with van der Waals surface area (Å²) in [6.45, 7) is 0. The fraction of sp³-hybridized carbons (Fsp3) is 0.500. The number of nitrogens with zero attached hydrogens (tertiary/aromatic N) is 4. The van der Waals surface area contributed by atoms with Crippen LogP contribution in [0.4, 0.5) is 10.6 Å². The van der Waals surface area contributed by atoms with E-state index in [0.29, 0.717) is 11.2 Å². The second-order valence-corrected chi connectivity index (χ2v) is 4.83. The van der Waals surface area contributed by atoms with E-state index in [1.165, 1.54) is 36.5 Å². The molecule has 0 aromatic carbocycles. The molecular weight excluding hydrogens is 244 g/mol. The zero-order valence-corrected chi connectivity index (χ0v) is 10.5. The minimum absolute atomic E-state index is 0.201. The van der Waals surface area contributed by atoms with Gasteiger partial charge < -0.3 is 11.1 Å². The van der Waals surface area contributed by atoms with Crippen LogP contribution >= 0.6 is 0 Å². The summed E-state index contributed by atoms with van der Waals surface area (Å²) < 4.78 is 1.39. The van der Waals surface area contributed by atoms with Gasteiger partial charge in [-0.1, -0.05) is 19.3 Å². The molecule has 0 unspecified atom stereocenters. The smallest absolute Gasteiger partial charge is 0.328 e. The predicted molar refractivity (Wildman–Crippen MR) is 70.5 cm³/mol. The van der Waals surface area contributed by atoms with Crippen molar-refractivity contribution in [1.29, 1.82) is 0 Å². The highest BCUT2D eigenvalue weighted by atomic mass is 16.2. The van der Waals surface area contributed by atoms with Crippen LogP contribution in [0.25, 0.3) is 11.2 Å². The van der Waals surface area contributed by atoms with Gasteiger partial charge in [0.05, 0.1) is 0 Å². The van der Waals surface area contributed by atoms with E-state index in [-0.39, 0.29) is 17.9 Å². The molecule has 7 heteroatoms. The van der Waals surface area contributed by atoms with Gasteiger partial charge >= 0.3 is 6.03 Å². The molecule has 7 nitrogen and oxygen atoms in total. The Morgan fingerprint density at radius 2 is 2.05 bits per heavy atom. The molecule has 2 aromatic heterocycles. The van der Waals surface area contributed by atoms with Gasteiger partial charge in [-0.25, -0.2) is 24.3 Å². The molecule has 0 aliphatic heterocycles. The van der Waals surface area contributed by atoms with Crippen LogP contribution in [0.3, 0.4) is 0 Å². The highest BCUT2D eigenvalue weighted by Crippen LogP contribution is 2.18. The predicted octanol–water partition coefficient (Wildman–Crippen LogP) is 1.30. The largest absolute Gasteiger partial charge is 0.382 e. The van der Waals surface area contributed by atoms with Crippen molar-refractivity contribution in [2.75, 3.05) is 5.73 Å². The van der Waals surface area contributed by atoms with Crippen molar-refractivity contribution in [2.24, 2.45) is 0 Å². The van der Waals surface area contributed by atoms with Crippen LogP contribution in [0, 0.1) is 0 Å². The van der Waals surface area contributed by atoms with Crippen LogP contribution in [0.15, 0.2) is 12.7 Å². The fourth-order valence-electron chi connectivity index (χ4n) is 2.49. The van der Waals surface area contributed by atoms with Crippen molar-refractivity contribution in [2.45, 2.75) is 38.1 Å². The Hall–Kier alpha value is -2.18. The number of carbonyl (C=O) groups excluding carboxylic acids is 1. The van der Waals surface area contributed by atoms with Crippen LogP contribution in [-0.2, 0) is 0 Å². The number of nitrogens with two attached hydrogens (primary N) is 1. The standard InChI is InChI=1S/C12H16N6O/c13-10-9-11(15-6-14-10)18(7-16-9)12(19)17-8-4-2-1-3-5-8/h6-8H,1-5H2,(H,17,19)(H2,13,14,15). The minimum atomic E-state index is -0.201. The first-order chi connectivity index (χ1) is 9.25. The molecule has 3 rings (SSSR count). The van der Waals surface area contributed by atoms with Gasteiger partial charge in [0.2, 0.25) is 0 Å². The molecule has 19 heavy (non-hydrogen) atoms. The van der Waals surface area contributed by atoms with E-state index in [4.69, 9.17) is 5.73 Å². The van der Waals surface area contributed by atoms with Crippen molar-refractivity contribution < 1.29 is 4.79 Å². The summed E-state index contributed by atoms with van der Waals surface area (Å²) in [4.78, 5) is 24.2. The molecule has 100 valence electrons. The van der Waals surface area contributed by atoms with E-state index in [1.807, 2.05) is 0 Å². The number of carbonyl (C=O) groups is 1. The minimum Gasteiger partial charge on any atom is -0.382 e. The number of fused-ring (bicyclic) bond motifs is 1. The lowest BCUT2D eigenvalue weighted by Gasteiger charge is -2.22. The van der Waals surface area contributed by atoms with Crippen molar-refractivity contribution >= 4 is 23.0 Å². The number of amides is 1. The number of aromatic nitrogens is 4. The second kappa shape index (κ2) is 4.83. The molecule has 1 aliphatic carbocycles. The molecule has 0 atom stereocenters. The van der Waals surface area contributed by atoms with Gasteiger partial charge in [0.15, 0.2) is 17.0 Å². The maximum absolute atomic E-state index is 12.2. The third kappa shape index (κ3) is 2.23. The zero-order valence-electron chi connectivity index (χ0n) is 10.5. The highest BCUT2D eigenvalue weighted by molar-refractivity contribution is 5.90. The molecule has 0 saturated heterocycles. The normalized spacial score (nSPS) is 16.6. The van der Waals surface area contributed by atoms with Gasteiger partial charge in [-0.05, 0) is 12.8 Å². The number of nitrogen functional groups attached to an aromatic ring is 1. The van der Waals surface area contributed by atoms with Crippen LogP contribution < -0.4 is 11.1 Å². The lowest BCUT2D eigenvalue weighted by atomic mass is 9.96. The Labute approximate surface area is 110 Å². The lowest BCUT2D eigenvalue weighted by Crippen LogP contribution is -2.38. The summed E-state index contributed by atoms with van der Waals surface area (Å²) in [5.74, 6) is 0.286. The van der Waals surface area contributed by atoms with E-state index in [0.717, 1.165) is 12.8 Å². The Morgan fingerprint density at radius 3 is 2.84 bits per heavy atom. The average Bonchev–Trinajstić information content (AvgIpc) is 2.85. The molecule has 2 heterocycles. The summed E-state index contributed by atoms with van der Waals surface area (Å²) >= 11 is 0. The van der Waals surface area contributed by atoms with Crippen molar-refractivity contribution in [1.82, 2.24) is 24.8 Å². The van der Waals surface area contributed by atoms with Crippen LogP contribution in [0.2, 0.25) is 0 Å². The molecule has 0 bridgehead atoms. The van der Waals surface area contributed by atoms with Gasteiger partial charge in [0.1, 0.15) is 12.7 Å². The SMILES string of the molecule is Nc1ncnc2c1ncn2C(=O)NC1CCCCC1. The molecule has 1 aliphatic rings. The maximum Gasteiger partial charge on any atom is 0.328 e. The van der Waals surface area contributed by atoms with Crippen molar-refractivity contribution in [3.05, 3.63) is 12.7 Å². The van der Waals surface area contributed by atoms with E-state index < -0.39 is 0 Å². The fourth-order valence-corrected chi connectivity index (χ4v) is 2.49. The van der Waals surface area contributed by atoms with Gasteiger partial charge in [-0.2, -0.15) is 0 Å². The highest BCUT2D eigenvalue weighted by Gasteiger charge is 2.19. The van der Waals surface area contributed by atoms with Crippen molar-refractivity contribution in [3.8, 4) is 0 Å². The van der Waals surface area contributed by atoms with Crippen LogP contribution in [0.1, 0.15) is 32.1 Å². The van der Waals surface area contributed by atoms with E-state index in [2.05, 4.69) is 20.3 Å². The quantitative estimate of drug-likeness (QED) is 0.805. The van der Waals surface area contributed by atoms with Crippen molar-refractivity contribution in [3.63, 3.8) is 0 Å². The van der Waals surface area contributed by atoms with E-state index >= 15 is 0 Å². The average molecular weight is 260 g/mol. The molecule has 0 spiro atoms. The molecule has 1 fully saturated rings. The number of nitrogens with one attached hydrogen (secondary N) is 1. The molecule has 2 aromatic rings.